The molecule has 0 saturated heterocycles. The van der Waals surface area contributed by atoms with E-state index in [1.54, 1.807) is 6.33 Å². The number of para-hydroxylation sites is 1. The number of rotatable bonds is 2. The van der Waals surface area contributed by atoms with E-state index in [0.717, 1.165) is 28.3 Å². The second kappa shape index (κ2) is 5.47. The number of nitrogens with two attached hydrogens (primary N) is 1. The Morgan fingerprint density at radius 3 is 2.95 bits per heavy atom. The first-order valence-corrected chi connectivity index (χ1v) is 7.74. The van der Waals surface area contributed by atoms with E-state index in [9.17, 15) is 0 Å². The van der Waals surface area contributed by atoms with Crippen LogP contribution in [-0.4, -0.2) is 21.3 Å². The molecule has 2 N–H and O–H groups in total. The van der Waals surface area contributed by atoms with Crippen LogP contribution in [-0.2, 0) is 0 Å². The normalized spacial score (nSPS) is 27.6. The summed E-state index contributed by atoms with van der Waals surface area (Å²) < 4.78 is 0. The van der Waals surface area contributed by atoms with Gasteiger partial charge in [-0.05, 0) is 31.2 Å². The molecule has 0 aliphatic heterocycles. The topological polar surface area (TPSA) is 51.8 Å². The number of fused-ring (bicyclic) bond motifs is 1. The third-order valence-electron chi connectivity index (χ3n) is 3.87. The molecule has 100 valence electrons. The van der Waals surface area contributed by atoms with Gasteiger partial charge in [0.15, 0.2) is 0 Å². The van der Waals surface area contributed by atoms with Gasteiger partial charge < -0.3 is 5.73 Å². The van der Waals surface area contributed by atoms with Gasteiger partial charge in [0.25, 0.3) is 0 Å². The zero-order valence-corrected chi connectivity index (χ0v) is 11.9. The van der Waals surface area contributed by atoms with Crippen LogP contribution in [0, 0.1) is 5.92 Å². The Labute approximate surface area is 118 Å². The predicted molar refractivity (Wildman–Crippen MR) is 80.2 cm³/mol. The maximum atomic E-state index is 6.27. The minimum Gasteiger partial charge on any atom is -0.327 e. The van der Waals surface area contributed by atoms with Crippen LogP contribution in [0.5, 0.6) is 0 Å². The highest BCUT2D eigenvalue weighted by atomic mass is 32.2. The second-order valence-electron chi connectivity index (χ2n) is 5.43. The van der Waals surface area contributed by atoms with Crippen LogP contribution in [0.1, 0.15) is 26.2 Å². The van der Waals surface area contributed by atoms with Crippen LogP contribution in [0.25, 0.3) is 10.9 Å². The van der Waals surface area contributed by atoms with Gasteiger partial charge in [0, 0.05) is 16.7 Å². The Hall–Kier alpha value is -1.13. The SMILES string of the molecule is CC1CCC(N)C(Sc2ncnc3ccccc23)C1. The largest absolute Gasteiger partial charge is 0.327 e. The minimum atomic E-state index is 0.287. The van der Waals surface area contributed by atoms with Crippen molar-refractivity contribution in [2.75, 3.05) is 0 Å². The van der Waals surface area contributed by atoms with Crippen molar-refractivity contribution in [3.05, 3.63) is 30.6 Å². The summed E-state index contributed by atoms with van der Waals surface area (Å²) in [5.41, 5.74) is 7.28. The highest BCUT2D eigenvalue weighted by Gasteiger charge is 2.27. The van der Waals surface area contributed by atoms with E-state index in [0.29, 0.717) is 5.25 Å². The van der Waals surface area contributed by atoms with Gasteiger partial charge in [-0.2, -0.15) is 0 Å². The number of benzene rings is 1. The maximum Gasteiger partial charge on any atom is 0.117 e. The molecule has 3 nitrogen and oxygen atoms in total. The summed E-state index contributed by atoms with van der Waals surface area (Å²) >= 11 is 1.83. The smallest absolute Gasteiger partial charge is 0.117 e. The van der Waals surface area contributed by atoms with E-state index in [4.69, 9.17) is 5.73 Å². The first-order valence-electron chi connectivity index (χ1n) is 6.86. The van der Waals surface area contributed by atoms with Crippen molar-refractivity contribution in [2.45, 2.75) is 42.5 Å². The molecule has 1 aromatic carbocycles. The molecule has 0 spiro atoms. The number of thioether (sulfide) groups is 1. The first-order chi connectivity index (χ1) is 9.24. The maximum absolute atomic E-state index is 6.27. The lowest BCUT2D eigenvalue weighted by Gasteiger charge is -2.31. The van der Waals surface area contributed by atoms with Gasteiger partial charge in [0.05, 0.1) is 5.52 Å². The van der Waals surface area contributed by atoms with Crippen molar-refractivity contribution < 1.29 is 0 Å². The van der Waals surface area contributed by atoms with Gasteiger partial charge in [0.1, 0.15) is 11.4 Å². The Morgan fingerprint density at radius 1 is 1.21 bits per heavy atom. The van der Waals surface area contributed by atoms with Gasteiger partial charge in [-0.1, -0.05) is 25.1 Å². The highest BCUT2D eigenvalue weighted by Crippen LogP contribution is 2.36. The summed E-state index contributed by atoms with van der Waals surface area (Å²) in [6.45, 7) is 2.32. The Morgan fingerprint density at radius 2 is 2.05 bits per heavy atom. The van der Waals surface area contributed by atoms with Crippen LogP contribution in [0.4, 0.5) is 0 Å². The standard InChI is InChI=1S/C15H19N3S/c1-10-6-7-12(16)14(8-10)19-15-11-4-2-3-5-13(11)17-9-18-15/h2-5,9-10,12,14H,6-8,16H2,1H3. The lowest BCUT2D eigenvalue weighted by atomic mass is 9.87. The van der Waals surface area contributed by atoms with E-state index >= 15 is 0 Å². The van der Waals surface area contributed by atoms with Gasteiger partial charge in [0.2, 0.25) is 0 Å². The van der Waals surface area contributed by atoms with Crippen molar-refractivity contribution >= 4 is 22.7 Å². The molecule has 3 rings (SSSR count). The second-order valence-corrected chi connectivity index (χ2v) is 6.66. The molecular formula is C15H19N3S. The van der Waals surface area contributed by atoms with Crippen molar-refractivity contribution in [2.24, 2.45) is 11.7 Å². The van der Waals surface area contributed by atoms with E-state index in [-0.39, 0.29) is 6.04 Å². The van der Waals surface area contributed by atoms with E-state index in [1.165, 1.54) is 12.8 Å². The molecule has 4 heteroatoms. The van der Waals surface area contributed by atoms with Gasteiger partial charge in [-0.3, -0.25) is 0 Å². The summed E-state index contributed by atoms with van der Waals surface area (Å²) in [5, 5.41) is 2.68. The fourth-order valence-electron chi connectivity index (χ4n) is 2.70. The zero-order chi connectivity index (χ0) is 13.2. The molecule has 0 bridgehead atoms. The summed E-state index contributed by atoms with van der Waals surface area (Å²) in [5.74, 6) is 0.769. The fraction of sp³-hybridized carbons (Fsp3) is 0.467. The van der Waals surface area contributed by atoms with Gasteiger partial charge in [-0.15, -0.1) is 11.8 Å². The minimum absolute atomic E-state index is 0.287. The van der Waals surface area contributed by atoms with Crippen LogP contribution in [0.3, 0.4) is 0 Å². The number of aromatic nitrogens is 2. The molecule has 1 aliphatic carbocycles. The number of hydrogen-bond acceptors (Lipinski definition) is 4. The lowest BCUT2D eigenvalue weighted by Crippen LogP contribution is -2.37. The van der Waals surface area contributed by atoms with Crippen molar-refractivity contribution in [3.8, 4) is 0 Å². The van der Waals surface area contributed by atoms with Crippen LogP contribution < -0.4 is 5.73 Å². The molecular weight excluding hydrogens is 254 g/mol. The quantitative estimate of drug-likeness (QED) is 0.853. The Balaban J connectivity index is 1.88. The predicted octanol–water partition coefficient (Wildman–Crippen LogP) is 3.24. The lowest BCUT2D eigenvalue weighted by molar-refractivity contribution is 0.357. The molecule has 1 heterocycles. The molecule has 0 radical (unpaired) electrons. The van der Waals surface area contributed by atoms with Crippen molar-refractivity contribution in [1.29, 1.82) is 0 Å². The van der Waals surface area contributed by atoms with E-state index in [2.05, 4.69) is 23.0 Å². The number of nitrogens with zero attached hydrogens (tertiary/aromatic N) is 2. The summed E-state index contributed by atoms with van der Waals surface area (Å²) in [4.78, 5) is 8.77. The van der Waals surface area contributed by atoms with Crippen LogP contribution in [0.15, 0.2) is 35.6 Å². The Kier molecular flexibility index (Phi) is 3.71. The first kappa shape index (κ1) is 12.9. The molecule has 2 aromatic rings. The molecule has 1 aliphatic rings. The third kappa shape index (κ3) is 2.74. The molecule has 3 atom stereocenters. The average Bonchev–Trinajstić information content (AvgIpc) is 2.43. The molecule has 0 amide bonds. The molecule has 1 aromatic heterocycles. The highest BCUT2D eigenvalue weighted by molar-refractivity contribution is 8.00. The monoisotopic (exact) mass is 273 g/mol. The Bertz CT molecular complexity index is 567. The summed E-state index contributed by atoms with van der Waals surface area (Å²) in [6, 6.07) is 8.46. The van der Waals surface area contributed by atoms with Crippen LogP contribution in [0.2, 0.25) is 0 Å². The summed E-state index contributed by atoms with van der Waals surface area (Å²) in [7, 11) is 0. The van der Waals surface area contributed by atoms with E-state index in [1.807, 2.05) is 30.0 Å². The molecule has 19 heavy (non-hydrogen) atoms. The van der Waals surface area contributed by atoms with Gasteiger partial charge in [-0.25, -0.2) is 9.97 Å². The zero-order valence-electron chi connectivity index (χ0n) is 11.1. The fourth-order valence-corrected chi connectivity index (χ4v) is 4.13. The van der Waals surface area contributed by atoms with Crippen LogP contribution >= 0.6 is 11.8 Å². The van der Waals surface area contributed by atoms with Crippen molar-refractivity contribution in [3.63, 3.8) is 0 Å². The third-order valence-corrected chi connectivity index (χ3v) is 5.27. The molecule has 1 saturated carbocycles. The summed E-state index contributed by atoms with van der Waals surface area (Å²) in [6.07, 6.45) is 5.22. The number of hydrogen-bond donors (Lipinski definition) is 1. The van der Waals surface area contributed by atoms with Gasteiger partial charge >= 0.3 is 0 Å². The van der Waals surface area contributed by atoms with Crippen molar-refractivity contribution in [1.82, 2.24) is 9.97 Å². The molecule has 1 fully saturated rings. The average molecular weight is 273 g/mol. The van der Waals surface area contributed by atoms with E-state index < -0.39 is 0 Å². The molecule has 3 unspecified atom stereocenters.